The van der Waals surface area contributed by atoms with Gasteiger partial charge < -0.3 is 15.7 Å². The van der Waals surface area contributed by atoms with Crippen LogP contribution in [0.25, 0.3) is 0 Å². The number of anilines is 1. The lowest BCUT2D eigenvalue weighted by atomic mass is 9.98. The van der Waals surface area contributed by atoms with E-state index in [-0.39, 0.29) is 18.0 Å². The Hall–Kier alpha value is -2.66. The van der Waals surface area contributed by atoms with Crippen LogP contribution in [0, 0.1) is 0 Å². The van der Waals surface area contributed by atoms with Gasteiger partial charge >= 0.3 is 0 Å². The zero-order valence-corrected chi connectivity index (χ0v) is 11.9. The number of benzene rings is 2. The van der Waals surface area contributed by atoms with Crippen molar-refractivity contribution in [3.8, 4) is 0 Å². The van der Waals surface area contributed by atoms with E-state index in [1.54, 1.807) is 23.1 Å². The predicted molar refractivity (Wildman–Crippen MR) is 82.8 cm³/mol. The summed E-state index contributed by atoms with van der Waals surface area (Å²) in [4.78, 5) is 25.6. The fraction of sp³-hybridized carbons (Fsp3) is 0.176. The average Bonchev–Trinajstić information content (AvgIpc) is 2.53. The summed E-state index contributed by atoms with van der Waals surface area (Å²) in [6.07, 6.45) is -0.0699. The Kier molecular flexibility index (Phi) is 3.65. The van der Waals surface area contributed by atoms with Crippen LogP contribution < -0.4 is 10.6 Å². The summed E-state index contributed by atoms with van der Waals surface area (Å²) in [7, 11) is 0. The summed E-state index contributed by atoms with van der Waals surface area (Å²) in [5.41, 5.74) is 7.64. The smallest absolute Gasteiger partial charge is 0.258 e. The molecule has 112 valence electrons. The van der Waals surface area contributed by atoms with Gasteiger partial charge in [0.15, 0.2) is 0 Å². The number of carbonyl (C=O) groups is 2. The van der Waals surface area contributed by atoms with Crippen LogP contribution in [0.1, 0.15) is 26.3 Å². The van der Waals surface area contributed by atoms with Gasteiger partial charge in [-0.2, -0.15) is 0 Å². The molecule has 5 heteroatoms. The third-order valence-corrected chi connectivity index (χ3v) is 3.77. The Balaban J connectivity index is 1.99. The van der Waals surface area contributed by atoms with E-state index >= 15 is 0 Å². The van der Waals surface area contributed by atoms with Gasteiger partial charge in [-0.05, 0) is 29.8 Å². The lowest BCUT2D eigenvalue weighted by molar-refractivity contribution is 0.0954. The van der Waals surface area contributed by atoms with E-state index in [1.165, 1.54) is 6.07 Å². The monoisotopic (exact) mass is 296 g/mol. The number of nitrogens with zero attached hydrogens (tertiary/aromatic N) is 1. The number of hydrogen-bond acceptors (Lipinski definition) is 3. The summed E-state index contributed by atoms with van der Waals surface area (Å²) in [5.74, 6) is -0.831. The summed E-state index contributed by atoms with van der Waals surface area (Å²) in [6, 6.07) is 13.8. The SMILES string of the molecule is NC(=O)c1cccc(C(=O)N2CC(O)Cc3ccccc32)c1. The molecule has 0 radical (unpaired) electrons. The Bertz CT molecular complexity index is 742. The normalized spacial score (nSPS) is 17.0. The van der Waals surface area contributed by atoms with Gasteiger partial charge in [0.25, 0.3) is 5.91 Å². The van der Waals surface area contributed by atoms with E-state index in [2.05, 4.69) is 0 Å². The van der Waals surface area contributed by atoms with Gasteiger partial charge in [0.2, 0.25) is 5.91 Å². The van der Waals surface area contributed by atoms with Crippen LogP contribution in [-0.2, 0) is 6.42 Å². The summed E-state index contributed by atoms with van der Waals surface area (Å²) >= 11 is 0. The largest absolute Gasteiger partial charge is 0.391 e. The molecular formula is C17H16N2O3. The zero-order valence-electron chi connectivity index (χ0n) is 11.9. The first-order chi connectivity index (χ1) is 10.6. The van der Waals surface area contributed by atoms with Crippen LogP contribution in [0.2, 0.25) is 0 Å². The number of β-amino-alcohol motifs (C(OH)–C–C–N with tert-alkyl or cyclic N) is 1. The number of nitrogens with two attached hydrogens (primary N) is 1. The van der Waals surface area contributed by atoms with Gasteiger partial charge in [-0.25, -0.2) is 0 Å². The second kappa shape index (κ2) is 5.61. The fourth-order valence-corrected chi connectivity index (χ4v) is 2.73. The van der Waals surface area contributed by atoms with Gasteiger partial charge in [0, 0.05) is 23.2 Å². The maximum Gasteiger partial charge on any atom is 0.258 e. The van der Waals surface area contributed by atoms with Crippen LogP contribution >= 0.6 is 0 Å². The van der Waals surface area contributed by atoms with Gasteiger partial charge in [-0.3, -0.25) is 9.59 Å². The molecule has 0 aromatic heterocycles. The van der Waals surface area contributed by atoms with Crippen molar-refractivity contribution >= 4 is 17.5 Å². The number of hydrogen-bond donors (Lipinski definition) is 2. The molecule has 0 spiro atoms. The topological polar surface area (TPSA) is 83.6 Å². The van der Waals surface area contributed by atoms with Crippen molar-refractivity contribution in [3.05, 3.63) is 65.2 Å². The highest BCUT2D eigenvalue weighted by Gasteiger charge is 2.28. The zero-order chi connectivity index (χ0) is 15.7. The highest BCUT2D eigenvalue weighted by Crippen LogP contribution is 2.28. The van der Waals surface area contributed by atoms with Crippen molar-refractivity contribution < 1.29 is 14.7 Å². The van der Waals surface area contributed by atoms with Crippen molar-refractivity contribution in [2.75, 3.05) is 11.4 Å². The van der Waals surface area contributed by atoms with E-state index in [4.69, 9.17) is 5.73 Å². The van der Waals surface area contributed by atoms with Crippen molar-refractivity contribution in [1.82, 2.24) is 0 Å². The molecule has 22 heavy (non-hydrogen) atoms. The second-order valence-electron chi connectivity index (χ2n) is 5.35. The number of fused-ring (bicyclic) bond motifs is 1. The molecule has 2 amide bonds. The molecule has 0 bridgehead atoms. The fourth-order valence-electron chi connectivity index (χ4n) is 2.73. The van der Waals surface area contributed by atoms with E-state index < -0.39 is 12.0 Å². The van der Waals surface area contributed by atoms with Crippen LogP contribution in [0.3, 0.4) is 0 Å². The number of primary amides is 1. The first-order valence-corrected chi connectivity index (χ1v) is 7.04. The first kappa shape index (κ1) is 14.3. The number of aliphatic hydroxyl groups excluding tert-OH is 1. The first-order valence-electron chi connectivity index (χ1n) is 7.04. The minimum atomic E-state index is -0.599. The van der Waals surface area contributed by atoms with Crippen molar-refractivity contribution in [2.45, 2.75) is 12.5 Å². The molecule has 1 heterocycles. The molecule has 1 unspecified atom stereocenters. The van der Waals surface area contributed by atoms with Gasteiger partial charge in [-0.15, -0.1) is 0 Å². The second-order valence-corrected chi connectivity index (χ2v) is 5.35. The van der Waals surface area contributed by atoms with Gasteiger partial charge in [-0.1, -0.05) is 24.3 Å². The quantitative estimate of drug-likeness (QED) is 0.877. The molecule has 3 N–H and O–H groups in total. The Labute approximate surface area is 128 Å². The molecular weight excluding hydrogens is 280 g/mol. The number of carbonyl (C=O) groups excluding carboxylic acids is 2. The number of para-hydroxylation sites is 1. The van der Waals surface area contributed by atoms with E-state index in [9.17, 15) is 14.7 Å². The molecule has 1 atom stereocenters. The lowest BCUT2D eigenvalue weighted by Gasteiger charge is -2.32. The highest BCUT2D eigenvalue weighted by atomic mass is 16.3. The Morgan fingerprint density at radius 1 is 1.09 bits per heavy atom. The highest BCUT2D eigenvalue weighted by molar-refractivity contribution is 6.08. The van der Waals surface area contributed by atoms with Crippen molar-refractivity contribution in [1.29, 1.82) is 0 Å². The Morgan fingerprint density at radius 2 is 1.82 bits per heavy atom. The molecule has 1 aliphatic rings. The molecule has 5 nitrogen and oxygen atoms in total. The van der Waals surface area contributed by atoms with E-state index in [0.717, 1.165) is 11.3 Å². The maximum absolute atomic E-state index is 12.7. The van der Waals surface area contributed by atoms with E-state index in [1.807, 2.05) is 24.3 Å². The average molecular weight is 296 g/mol. The number of amides is 2. The third-order valence-electron chi connectivity index (χ3n) is 3.77. The Morgan fingerprint density at radius 3 is 2.59 bits per heavy atom. The molecule has 1 aliphatic heterocycles. The maximum atomic E-state index is 12.7. The lowest BCUT2D eigenvalue weighted by Crippen LogP contribution is -2.42. The summed E-state index contributed by atoms with van der Waals surface area (Å²) < 4.78 is 0. The third kappa shape index (κ3) is 2.58. The molecule has 0 aliphatic carbocycles. The van der Waals surface area contributed by atoms with Crippen LogP contribution in [0.15, 0.2) is 48.5 Å². The van der Waals surface area contributed by atoms with Crippen molar-refractivity contribution in [3.63, 3.8) is 0 Å². The minimum absolute atomic E-state index is 0.233. The molecule has 0 saturated heterocycles. The standard InChI is InChI=1S/C17H16N2O3/c18-16(21)12-5-3-6-13(8-12)17(22)19-10-14(20)9-11-4-1-2-7-15(11)19/h1-8,14,20H,9-10H2,(H2,18,21). The molecule has 2 aromatic carbocycles. The van der Waals surface area contributed by atoms with E-state index in [0.29, 0.717) is 12.0 Å². The molecule has 3 rings (SSSR count). The number of rotatable bonds is 2. The van der Waals surface area contributed by atoms with Gasteiger partial charge in [0.05, 0.1) is 12.6 Å². The van der Waals surface area contributed by atoms with Crippen LogP contribution in [-0.4, -0.2) is 29.6 Å². The number of aliphatic hydroxyl groups is 1. The summed E-state index contributed by atoms with van der Waals surface area (Å²) in [6.45, 7) is 0.233. The van der Waals surface area contributed by atoms with Gasteiger partial charge in [0.1, 0.15) is 0 Å². The minimum Gasteiger partial charge on any atom is -0.391 e. The molecule has 0 saturated carbocycles. The molecule has 2 aromatic rings. The van der Waals surface area contributed by atoms with Crippen molar-refractivity contribution in [2.24, 2.45) is 5.73 Å². The molecule has 0 fully saturated rings. The predicted octanol–water partition coefficient (Wildman–Crippen LogP) is 1.35. The van der Waals surface area contributed by atoms with Crippen LogP contribution in [0.4, 0.5) is 5.69 Å². The summed E-state index contributed by atoms with van der Waals surface area (Å²) in [5, 5.41) is 10.00. The van der Waals surface area contributed by atoms with Crippen LogP contribution in [0.5, 0.6) is 0 Å².